The molecule has 144 valence electrons. The third-order valence-electron chi connectivity index (χ3n) is 6.06. The Balaban J connectivity index is 1.61. The van der Waals surface area contributed by atoms with Crippen LogP contribution in [-0.2, 0) is 12.8 Å². The molecule has 0 atom stereocenters. The van der Waals surface area contributed by atoms with Gasteiger partial charge in [-0.1, -0.05) is 17.7 Å². The lowest BCUT2D eigenvalue weighted by atomic mass is 9.94. The number of rotatable bonds is 4. The van der Waals surface area contributed by atoms with Gasteiger partial charge >= 0.3 is 0 Å². The van der Waals surface area contributed by atoms with Gasteiger partial charge in [0.15, 0.2) is 5.69 Å². The van der Waals surface area contributed by atoms with Gasteiger partial charge in [0, 0.05) is 24.3 Å². The maximum atomic E-state index is 13.3. The number of hydrogen-bond acceptors (Lipinski definition) is 3. The van der Waals surface area contributed by atoms with E-state index in [2.05, 4.69) is 36.5 Å². The lowest BCUT2D eigenvalue weighted by Crippen LogP contribution is -2.41. The molecule has 1 fully saturated rings. The number of benzene rings is 1. The molecule has 1 N–H and O–H groups in total. The van der Waals surface area contributed by atoms with Crippen LogP contribution in [0.15, 0.2) is 24.3 Å². The van der Waals surface area contributed by atoms with E-state index in [-0.39, 0.29) is 5.91 Å². The molecule has 0 saturated carbocycles. The Morgan fingerprint density at radius 3 is 2.56 bits per heavy atom. The Morgan fingerprint density at radius 1 is 1.15 bits per heavy atom. The van der Waals surface area contributed by atoms with Crippen LogP contribution in [0.2, 0.25) is 0 Å². The van der Waals surface area contributed by atoms with Crippen LogP contribution in [0.4, 0.5) is 0 Å². The molecule has 1 saturated heterocycles. The number of fused-ring (bicyclic) bond motifs is 1. The van der Waals surface area contributed by atoms with E-state index in [1.807, 2.05) is 16.6 Å². The third-order valence-corrected chi connectivity index (χ3v) is 6.06. The van der Waals surface area contributed by atoms with Gasteiger partial charge in [-0.2, -0.15) is 5.10 Å². The maximum Gasteiger partial charge on any atom is 0.274 e. The number of likely N-dealkylation sites (tertiary alicyclic amines) is 1. The fourth-order valence-electron chi connectivity index (χ4n) is 4.45. The van der Waals surface area contributed by atoms with Gasteiger partial charge in [0.1, 0.15) is 0 Å². The van der Waals surface area contributed by atoms with Gasteiger partial charge in [0.2, 0.25) is 0 Å². The zero-order valence-corrected chi connectivity index (χ0v) is 16.5. The lowest BCUT2D eigenvalue weighted by molar-refractivity contribution is 0.0683. The topological polar surface area (TPSA) is 50.2 Å². The first-order valence-corrected chi connectivity index (χ1v) is 10.3. The van der Waals surface area contributed by atoms with E-state index in [9.17, 15) is 4.79 Å². The quantitative estimate of drug-likeness (QED) is 0.904. The van der Waals surface area contributed by atoms with Crippen LogP contribution in [0.5, 0.6) is 0 Å². The fraction of sp³-hybridized carbons (Fsp3) is 0.545. The van der Waals surface area contributed by atoms with E-state index in [1.165, 1.54) is 23.2 Å². The molecule has 1 aromatic carbocycles. The maximum absolute atomic E-state index is 13.3. The molecule has 0 unspecified atom stereocenters. The van der Waals surface area contributed by atoms with Crippen LogP contribution < -0.4 is 5.32 Å². The Bertz CT molecular complexity index is 800. The molecule has 27 heavy (non-hydrogen) atoms. The molecule has 1 aromatic heterocycles. The number of hydrogen-bond donors (Lipinski definition) is 1. The predicted molar refractivity (Wildman–Crippen MR) is 107 cm³/mol. The van der Waals surface area contributed by atoms with E-state index >= 15 is 0 Å². The van der Waals surface area contributed by atoms with Crippen LogP contribution in [0.25, 0.3) is 5.69 Å². The molecule has 5 heteroatoms. The van der Waals surface area contributed by atoms with Crippen molar-refractivity contribution in [1.82, 2.24) is 20.0 Å². The SMILES string of the molecule is CNCC1CCN(C(=O)c2nn(-c3ccc(C)cc3)c3c2CCCC3)CC1. The fourth-order valence-corrected chi connectivity index (χ4v) is 4.45. The molecule has 0 radical (unpaired) electrons. The monoisotopic (exact) mass is 366 g/mol. The average molecular weight is 367 g/mol. The minimum absolute atomic E-state index is 0.127. The zero-order valence-electron chi connectivity index (χ0n) is 16.5. The molecule has 1 aliphatic heterocycles. The summed E-state index contributed by atoms with van der Waals surface area (Å²) in [5.74, 6) is 0.806. The molecule has 1 amide bonds. The predicted octanol–water partition coefficient (Wildman–Crippen LogP) is 3.13. The summed E-state index contributed by atoms with van der Waals surface area (Å²) in [5.41, 5.74) is 5.41. The third kappa shape index (κ3) is 3.65. The van der Waals surface area contributed by atoms with Crippen molar-refractivity contribution in [2.24, 2.45) is 5.92 Å². The Kier molecular flexibility index (Phi) is 5.30. The zero-order chi connectivity index (χ0) is 18.8. The number of aromatic nitrogens is 2. The molecule has 2 aliphatic rings. The summed E-state index contributed by atoms with van der Waals surface area (Å²) in [7, 11) is 2.00. The first-order valence-electron chi connectivity index (χ1n) is 10.3. The van der Waals surface area contributed by atoms with Crippen molar-refractivity contribution in [1.29, 1.82) is 0 Å². The molecule has 4 rings (SSSR count). The molecule has 0 spiro atoms. The van der Waals surface area contributed by atoms with Crippen molar-refractivity contribution in [3.05, 3.63) is 46.8 Å². The Hall–Kier alpha value is -2.14. The second kappa shape index (κ2) is 7.85. The summed E-state index contributed by atoms with van der Waals surface area (Å²) in [4.78, 5) is 15.3. The summed E-state index contributed by atoms with van der Waals surface area (Å²) in [6.07, 6.45) is 6.46. The van der Waals surface area contributed by atoms with Crippen molar-refractivity contribution in [2.45, 2.75) is 45.4 Å². The summed E-state index contributed by atoms with van der Waals surface area (Å²) in [6, 6.07) is 8.43. The van der Waals surface area contributed by atoms with Gasteiger partial charge in [-0.15, -0.1) is 0 Å². The second-order valence-electron chi connectivity index (χ2n) is 8.02. The van der Waals surface area contributed by atoms with Gasteiger partial charge in [-0.05, 0) is 77.1 Å². The molecule has 2 heterocycles. The lowest BCUT2D eigenvalue weighted by Gasteiger charge is -2.31. The highest BCUT2D eigenvalue weighted by molar-refractivity contribution is 5.94. The van der Waals surface area contributed by atoms with Crippen molar-refractivity contribution in [3.63, 3.8) is 0 Å². The van der Waals surface area contributed by atoms with E-state index in [4.69, 9.17) is 5.10 Å². The number of aryl methyl sites for hydroxylation is 1. The average Bonchev–Trinajstić information content (AvgIpc) is 3.09. The van der Waals surface area contributed by atoms with Crippen LogP contribution >= 0.6 is 0 Å². The van der Waals surface area contributed by atoms with E-state index in [0.717, 1.165) is 57.4 Å². The number of carbonyl (C=O) groups excluding carboxylic acids is 1. The minimum atomic E-state index is 0.127. The van der Waals surface area contributed by atoms with Gasteiger partial charge in [0.25, 0.3) is 5.91 Å². The van der Waals surface area contributed by atoms with E-state index < -0.39 is 0 Å². The van der Waals surface area contributed by atoms with Gasteiger partial charge in [-0.25, -0.2) is 4.68 Å². The van der Waals surface area contributed by atoms with Crippen LogP contribution in [0, 0.1) is 12.8 Å². The summed E-state index contributed by atoms with van der Waals surface area (Å²) in [6.45, 7) is 4.82. The first kappa shape index (κ1) is 18.2. The van der Waals surface area contributed by atoms with Crippen molar-refractivity contribution in [2.75, 3.05) is 26.7 Å². The number of nitrogens with zero attached hydrogens (tertiary/aromatic N) is 3. The molecule has 2 aromatic rings. The highest BCUT2D eigenvalue weighted by Gasteiger charge is 2.30. The Morgan fingerprint density at radius 2 is 1.85 bits per heavy atom. The molecular formula is C22H30N4O. The second-order valence-corrected chi connectivity index (χ2v) is 8.02. The largest absolute Gasteiger partial charge is 0.337 e. The van der Waals surface area contributed by atoms with Crippen LogP contribution in [0.1, 0.15) is 53.0 Å². The molecule has 1 aliphatic carbocycles. The minimum Gasteiger partial charge on any atom is -0.337 e. The van der Waals surface area contributed by atoms with Crippen LogP contribution in [-0.4, -0.2) is 47.3 Å². The van der Waals surface area contributed by atoms with E-state index in [0.29, 0.717) is 11.6 Å². The standard InChI is InChI=1S/C22H30N4O/c1-16-7-9-18(10-8-16)26-20-6-4-3-5-19(20)21(24-26)22(27)25-13-11-17(12-14-25)15-23-2/h7-10,17,23H,3-6,11-15H2,1-2H3. The molecular weight excluding hydrogens is 336 g/mol. The molecule has 5 nitrogen and oxygen atoms in total. The van der Waals surface area contributed by atoms with Gasteiger partial charge in [-0.3, -0.25) is 4.79 Å². The summed E-state index contributed by atoms with van der Waals surface area (Å²) in [5, 5.41) is 8.10. The number of nitrogens with one attached hydrogen (secondary N) is 1. The van der Waals surface area contributed by atoms with Crippen molar-refractivity contribution < 1.29 is 4.79 Å². The highest BCUT2D eigenvalue weighted by atomic mass is 16.2. The summed E-state index contributed by atoms with van der Waals surface area (Å²) >= 11 is 0. The smallest absolute Gasteiger partial charge is 0.274 e. The Labute approximate surface area is 161 Å². The first-order chi connectivity index (χ1) is 13.2. The van der Waals surface area contributed by atoms with Crippen molar-refractivity contribution in [3.8, 4) is 5.69 Å². The molecule has 0 bridgehead atoms. The van der Waals surface area contributed by atoms with Gasteiger partial charge < -0.3 is 10.2 Å². The number of amides is 1. The number of piperidine rings is 1. The van der Waals surface area contributed by atoms with Crippen molar-refractivity contribution >= 4 is 5.91 Å². The van der Waals surface area contributed by atoms with E-state index in [1.54, 1.807) is 0 Å². The van der Waals surface area contributed by atoms with Crippen LogP contribution in [0.3, 0.4) is 0 Å². The number of carbonyl (C=O) groups is 1. The van der Waals surface area contributed by atoms with Gasteiger partial charge in [0.05, 0.1) is 5.69 Å². The normalized spacial score (nSPS) is 17.8. The summed E-state index contributed by atoms with van der Waals surface area (Å²) < 4.78 is 2.02. The highest BCUT2D eigenvalue weighted by Crippen LogP contribution is 2.29.